The Morgan fingerprint density at radius 2 is 2.30 bits per heavy atom. The topological polar surface area (TPSA) is 81.9 Å². The summed E-state index contributed by atoms with van der Waals surface area (Å²) in [5.74, 6) is 0.141. The molecule has 0 fully saturated rings. The van der Waals surface area contributed by atoms with Gasteiger partial charge in [-0.05, 0) is 41.3 Å². The minimum atomic E-state index is -0.381. The Bertz CT molecular complexity index is 702. The number of hydrogen-bond donors (Lipinski definition) is 1. The molecule has 0 radical (unpaired) electrons. The number of ether oxygens (including phenoxy) is 1. The lowest BCUT2D eigenvalue weighted by atomic mass is 10.00. The number of methoxy groups -OCH3 is 1. The number of aryl methyl sites for hydroxylation is 1. The number of allylic oxidation sites excluding steroid dienone is 1. The molecule has 3 heterocycles. The Kier molecular flexibility index (Phi) is 3.01. The SMILES string of the molecule is COC(=O)C1=C(C)Nc2nnnn2C1c1sccc1C. The van der Waals surface area contributed by atoms with Crippen LogP contribution in [-0.4, -0.2) is 33.3 Å². The van der Waals surface area contributed by atoms with Gasteiger partial charge in [0, 0.05) is 10.6 Å². The molecule has 0 aromatic carbocycles. The summed E-state index contributed by atoms with van der Waals surface area (Å²) in [6.45, 7) is 3.82. The van der Waals surface area contributed by atoms with Crippen LogP contribution in [0, 0.1) is 6.92 Å². The van der Waals surface area contributed by atoms with Crippen molar-refractivity contribution in [2.24, 2.45) is 0 Å². The molecule has 104 valence electrons. The lowest BCUT2D eigenvalue weighted by Gasteiger charge is -2.26. The third-order valence-corrected chi connectivity index (χ3v) is 4.34. The molecular weight excluding hydrogens is 278 g/mol. The Morgan fingerprint density at radius 1 is 1.50 bits per heavy atom. The van der Waals surface area contributed by atoms with Crippen LogP contribution in [0.15, 0.2) is 22.7 Å². The number of thiophene rings is 1. The maximum atomic E-state index is 12.1. The molecule has 1 unspecified atom stereocenters. The molecule has 1 aliphatic heterocycles. The highest BCUT2D eigenvalue weighted by molar-refractivity contribution is 7.10. The largest absolute Gasteiger partial charge is 0.466 e. The van der Waals surface area contributed by atoms with Gasteiger partial charge in [-0.1, -0.05) is 5.10 Å². The second-order valence-corrected chi connectivity index (χ2v) is 5.42. The van der Waals surface area contributed by atoms with Gasteiger partial charge in [0.25, 0.3) is 0 Å². The van der Waals surface area contributed by atoms with Gasteiger partial charge in [-0.25, -0.2) is 4.79 Å². The number of nitrogens with zero attached hydrogens (tertiary/aromatic N) is 4. The maximum Gasteiger partial charge on any atom is 0.338 e. The molecule has 0 aliphatic carbocycles. The number of anilines is 1. The van der Waals surface area contributed by atoms with Crippen LogP contribution in [0.25, 0.3) is 0 Å². The first-order valence-corrected chi connectivity index (χ1v) is 6.89. The Morgan fingerprint density at radius 3 is 2.95 bits per heavy atom. The number of aromatic nitrogens is 4. The van der Waals surface area contributed by atoms with E-state index in [1.165, 1.54) is 7.11 Å². The fourth-order valence-electron chi connectivity index (χ4n) is 2.29. The molecule has 8 heteroatoms. The van der Waals surface area contributed by atoms with Gasteiger partial charge in [-0.2, -0.15) is 4.68 Å². The first-order valence-electron chi connectivity index (χ1n) is 6.01. The van der Waals surface area contributed by atoms with E-state index in [0.29, 0.717) is 17.2 Å². The first-order chi connectivity index (χ1) is 9.63. The van der Waals surface area contributed by atoms with E-state index in [1.807, 2.05) is 25.3 Å². The van der Waals surface area contributed by atoms with E-state index in [4.69, 9.17) is 4.74 Å². The number of tetrazole rings is 1. The number of carbonyl (C=O) groups excluding carboxylic acids is 1. The van der Waals surface area contributed by atoms with Crippen molar-refractivity contribution >= 4 is 23.3 Å². The highest BCUT2D eigenvalue weighted by Crippen LogP contribution is 2.38. The summed E-state index contributed by atoms with van der Waals surface area (Å²) in [6, 6.07) is 1.66. The van der Waals surface area contributed by atoms with Gasteiger partial charge in [0.2, 0.25) is 5.95 Å². The molecule has 1 atom stereocenters. The first kappa shape index (κ1) is 12.8. The Labute approximate surface area is 119 Å². The minimum Gasteiger partial charge on any atom is -0.466 e. The van der Waals surface area contributed by atoms with E-state index in [-0.39, 0.29) is 12.0 Å². The van der Waals surface area contributed by atoms with Gasteiger partial charge < -0.3 is 10.1 Å². The fourth-order valence-corrected chi connectivity index (χ4v) is 3.31. The molecule has 7 nitrogen and oxygen atoms in total. The molecule has 2 aromatic heterocycles. The zero-order chi connectivity index (χ0) is 14.3. The second kappa shape index (κ2) is 4.71. The Balaban J connectivity index is 2.21. The molecule has 0 saturated carbocycles. The smallest absolute Gasteiger partial charge is 0.338 e. The fraction of sp³-hybridized carbons (Fsp3) is 0.333. The van der Waals surface area contributed by atoms with Crippen LogP contribution in [0.3, 0.4) is 0 Å². The van der Waals surface area contributed by atoms with E-state index in [1.54, 1.807) is 16.0 Å². The lowest BCUT2D eigenvalue weighted by Crippen LogP contribution is -2.29. The highest BCUT2D eigenvalue weighted by Gasteiger charge is 2.35. The third kappa shape index (κ3) is 1.80. The summed E-state index contributed by atoms with van der Waals surface area (Å²) in [5, 5.41) is 16.6. The van der Waals surface area contributed by atoms with Crippen molar-refractivity contribution in [2.45, 2.75) is 19.9 Å². The van der Waals surface area contributed by atoms with E-state index in [0.717, 1.165) is 10.4 Å². The molecule has 2 aromatic rings. The quantitative estimate of drug-likeness (QED) is 0.844. The summed E-state index contributed by atoms with van der Waals surface area (Å²) in [7, 11) is 1.37. The van der Waals surface area contributed by atoms with Crippen LogP contribution in [0.4, 0.5) is 5.95 Å². The maximum absolute atomic E-state index is 12.1. The number of fused-ring (bicyclic) bond motifs is 1. The van der Waals surface area contributed by atoms with E-state index >= 15 is 0 Å². The van der Waals surface area contributed by atoms with Gasteiger partial charge in [0.05, 0.1) is 12.7 Å². The molecule has 0 amide bonds. The van der Waals surface area contributed by atoms with Crippen molar-refractivity contribution in [3.63, 3.8) is 0 Å². The predicted molar refractivity (Wildman–Crippen MR) is 73.4 cm³/mol. The second-order valence-electron chi connectivity index (χ2n) is 4.47. The standard InChI is InChI=1S/C12H13N5O2S/c1-6-4-5-20-10(6)9-8(11(18)19-3)7(2)13-12-14-15-16-17(9)12/h4-5,9H,1-3H3,(H,13,14,16). The van der Waals surface area contributed by atoms with Crippen molar-refractivity contribution in [3.05, 3.63) is 33.2 Å². The zero-order valence-corrected chi connectivity index (χ0v) is 12.1. The van der Waals surface area contributed by atoms with Crippen LogP contribution in [0.5, 0.6) is 0 Å². The summed E-state index contributed by atoms with van der Waals surface area (Å²) in [5.41, 5.74) is 2.33. The third-order valence-electron chi connectivity index (χ3n) is 3.27. The zero-order valence-electron chi connectivity index (χ0n) is 11.2. The normalized spacial score (nSPS) is 17.6. The predicted octanol–water partition coefficient (Wildman–Crippen LogP) is 1.50. The summed E-state index contributed by atoms with van der Waals surface area (Å²) < 4.78 is 6.51. The van der Waals surface area contributed by atoms with Gasteiger partial charge in [-0.15, -0.1) is 11.3 Å². The number of carbonyl (C=O) groups is 1. The molecule has 0 spiro atoms. The summed E-state index contributed by atoms with van der Waals surface area (Å²) >= 11 is 1.57. The lowest BCUT2D eigenvalue weighted by molar-refractivity contribution is -0.136. The van der Waals surface area contributed by atoms with Gasteiger partial charge in [0.1, 0.15) is 6.04 Å². The molecule has 1 aliphatic rings. The number of rotatable bonds is 2. The van der Waals surface area contributed by atoms with Crippen molar-refractivity contribution in [2.75, 3.05) is 12.4 Å². The monoisotopic (exact) mass is 291 g/mol. The molecule has 0 saturated heterocycles. The van der Waals surface area contributed by atoms with Crippen LogP contribution in [0.2, 0.25) is 0 Å². The van der Waals surface area contributed by atoms with E-state index in [2.05, 4.69) is 20.8 Å². The van der Waals surface area contributed by atoms with Gasteiger partial charge >= 0.3 is 5.97 Å². The summed E-state index contributed by atoms with van der Waals surface area (Å²) in [6.07, 6.45) is 0. The van der Waals surface area contributed by atoms with Gasteiger partial charge in [0.15, 0.2) is 0 Å². The van der Waals surface area contributed by atoms with E-state index in [9.17, 15) is 4.79 Å². The van der Waals surface area contributed by atoms with Crippen LogP contribution < -0.4 is 5.32 Å². The molecule has 20 heavy (non-hydrogen) atoms. The highest BCUT2D eigenvalue weighted by atomic mass is 32.1. The minimum absolute atomic E-state index is 0.353. The van der Waals surface area contributed by atoms with Crippen molar-refractivity contribution in [3.8, 4) is 0 Å². The van der Waals surface area contributed by atoms with Crippen LogP contribution in [-0.2, 0) is 9.53 Å². The summed E-state index contributed by atoms with van der Waals surface area (Å²) in [4.78, 5) is 13.2. The van der Waals surface area contributed by atoms with Crippen molar-refractivity contribution < 1.29 is 9.53 Å². The number of esters is 1. The molecule has 3 rings (SSSR count). The molecular formula is C12H13N5O2S. The van der Waals surface area contributed by atoms with Crippen LogP contribution in [0.1, 0.15) is 23.4 Å². The van der Waals surface area contributed by atoms with Gasteiger partial charge in [-0.3, -0.25) is 0 Å². The van der Waals surface area contributed by atoms with Crippen molar-refractivity contribution in [1.82, 2.24) is 20.2 Å². The van der Waals surface area contributed by atoms with E-state index < -0.39 is 0 Å². The van der Waals surface area contributed by atoms with Crippen molar-refractivity contribution in [1.29, 1.82) is 0 Å². The Hall–Kier alpha value is -2.22. The molecule has 1 N–H and O–H groups in total. The number of hydrogen-bond acceptors (Lipinski definition) is 7. The average molecular weight is 291 g/mol. The van der Waals surface area contributed by atoms with Crippen LogP contribution >= 0.6 is 11.3 Å². The average Bonchev–Trinajstić information content (AvgIpc) is 3.05. The number of nitrogens with one attached hydrogen (secondary N) is 1. The molecule has 0 bridgehead atoms.